The third-order valence-electron chi connectivity index (χ3n) is 2.85. The lowest BCUT2D eigenvalue weighted by molar-refractivity contribution is -0.121. The smallest absolute Gasteiger partial charge is 0.234 e. The minimum Gasteiger partial charge on any atom is -0.368 e. The molecule has 1 rings (SSSR count). The summed E-state index contributed by atoms with van der Waals surface area (Å²) in [5, 5.41) is 3.18. The number of hydrogen-bond donors (Lipinski definition) is 2. The minimum absolute atomic E-state index is 0.0714. The molecule has 0 aliphatic carbocycles. The van der Waals surface area contributed by atoms with Gasteiger partial charge in [0.15, 0.2) is 0 Å². The van der Waals surface area contributed by atoms with E-state index in [0.717, 1.165) is 5.56 Å². The fraction of sp³-hybridized carbons (Fsp3) is 0.462. The first-order valence-corrected chi connectivity index (χ1v) is 6.21. The minimum atomic E-state index is -0.469. The van der Waals surface area contributed by atoms with Crippen molar-refractivity contribution in [3.8, 4) is 0 Å². The topological polar surface area (TPSA) is 55.1 Å². The molecule has 0 bridgehead atoms. The Balaban J connectivity index is 2.83. The zero-order chi connectivity index (χ0) is 13.9. The zero-order valence-electron chi connectivity index (χ0n) is 10.7. The molecule has 1 amide bonds. The van der Waals surface area contributed by atoms with Crippen molar-refractivity contribution in [1.29, 1.82) is 0 Å². The summed E-state index contributed by atoms with van der Waals surface area (Å²) in [5.74, 6) is -0.809. The van der Waals surface area contributed by atoms with Gasteiger partial charge in [0.2, 0.25) is 5.91 Å². The van der Waals surface area contributed by atoms with Crippen LogP contribution in [0.5, 0.6) is 0 Å². The van der Waals surface area contributed by atoms with Crippen molar-refractivity contribution in [2.75, 3.05) is 0 Å². The maximum absolute atomic E-state index is 13.3. The van der Waals surface area contributed by atoms with Gasteiger partial charge in [-0.1, -0.05) is 31.5 Å². The first-order chi connectivity index (χ1) is 8.32. The molecular formula is C13H18ClFN2O. The van der Waals surface area contributed by atoms with Crippen molar-refractivity contribution in [3.63, 3.8) is 0 Å². The van der Waals surface area contributed by atoms with Crippen LogP contribution in [-0.2, 0) is 4.79 Å². The van der Waals surface area contributed by atoms with E-state index in [9.17, 15) is 9.18 Å². The predicted molar refractivity (Wildman–Crippen MR) is 70.8 cm³/mol. The molecule has 0 aliphatic rings. The van der Waals surface area contributed by atoms with Gasteiger partial charge in [-0.05, 0) is 30.5 Å². The van der Waals surface area contributed by atoms with Crippen molar-refractivity contribution in [2.24, 2.45) is 11.7 Å². The molecule has 100 valence electrons. The van der Waals surface area contributed by atoms with Gasteiger partial charge in [0.25, 0.3) is 0 Å². The molecule has 3 nitrogen and oxygen atoms in total. The van der Waals surface area contributed by atoms with Gasteiger partial charge < -0.3 is 5.73 Å². The Bertz CT molecular complexity index is 437. The maximum atomic E-state index is 13.3. The summed E-state index contributed by atoms with van der Waals surface area (Å²) >= 11 is 5.62. The van der Waals surface area contributed by atoms with Crippen LogP contribution in [0.1, 0.15) is 32.4 Å². The largest absolute Gasteiger partial charge is 0.368 e. The fourth-order valence-corrected chi connectivity index (χ4v) is 1.87. The lowest BCUT2D eigenvalue weighted by Crippen LogP contribution is -2.45. The van der Waals surface area contributed by atoms with Gasteiger partial charge in [0, 0.05) is 6.04 Å². The SMILES string of the molecule is CC(NC(C(N)=O)C(C)C)c1ccc(Cl)c(F)c1. The van der Waals surface area contributed by atoms with E-state index in [-0.39, 0.29) is 17.0 Å². The van der Waals surface area contributed by atoms with Crippen LogP contribution in [0.3, 0.4) is 0 Å². The van der Waals surface area contributed by atoms with Crippen LogP contribution in [0.4, 0.5) is 4.39 Å². The number of halogens is 2. The zero-order valence-corrected chi connectivity index (χ0v) is 11.5. The Kier molecular flexibility index (Phi) is 5.11. The molecule has 0 fully saturated rings. The van der Waals surface area contributed by atoms with Crippen molar-refractivity contribution in [3.05, 3.63) is 34.6 Å². The van der Waals surface area contributed by atoms with E-state index < -0.39 is 17.8 Å². The van der Waals surface area contributed by atoms with Gasteiger partial charge in [-0.2, -0.15) is 0 Å². The summed E-state index contributed by atoms with van der Waals surface area (Å²) < 4.78 is 13.3. The molecule has 18 heavy (non-hydrogen) atoms. The first-order valence-electron chi connectivity index (χ1n) is 5.83. The van der Waals surface area contributed by atoms with Crippen LogP contribution in [0, 0.1) is 11.7 Å². The Morgan fingerprint density at radius 1 is 1.39 bits per heavy atom. The quantitative estimate of drug-likeness (QED) is 0.866. The highest BCUT2D eigenvalue weighted by Crippen LogP contribution is 2.21. The lowest BCUT2D eigenvalue weighted by atomic mass is 10.0. The van der Waals surface area contributed by atoms with Gasteiger partial charge in [-0.3, -0.25) is 10.1 Å². The van der Waals surface area contributed by atoms with Gasteiger partial charge in [-0.15, -0.1) is 0 Å². The first kappa shape index (κ1) is 14.9. The number of hydrogen-bond acceptors (Lipinski definition) is 2. The number of nitrogens with two attached hydrogens (primary N) is 1. The number of benzene rings is 1. The Hall–Kier alpha value is -1.13. The van der Waals surface area contributed by atoms with E-state index in [2.05, 4.69) is 5.32 Å². The molecule has 0 spiro atoms. The highest BCUT2D eigenvalue weighted by molar-refractivity contribution is 6.30. The molecule has 0 saturated carbocycles. The van der Waals surface area contributed by atoms with E-state index in [4.69, 9.17) is 17.3 Å². The van der Waals surface area contributed by atoms with Crippen molar-refractivity contribution in [2.45, 2.75) is 32.9 Å². The van der Waals surface area contributed by atoms with Crippen LogP contribution in [-0.4, -0.2) is 11.9 Å². The summed E-state index contributed by atoms with van der Waals surface area (Å²) in [4.78, 5) is 11.3. The molecule has 0 radical (unpaired) electrons. The maximum Gasteiger partial charge on any atom is 0.234 e. The van der Waals surface area contributed by atoms with Gasteiger partial charge in [0.05, 0.1) is 11.1 Å². The molecule has 1 aromatic rings. The molecule has 2 unspecified atom stereocenters. The van der Waals surface area contributed by atoms with E-state index in [0.29, 0.717) is 0 Å². The monoisotopic (exact) mass is 272 g/mol. The van der Waals surface area contributed by atoms with Crippen LogP contribution < -0.4 is 11.1 Å². The standard InChI is InChI=1S/C13H18ClFN2O/c1-7(2)12(13(16)18)17-8(3)9-4-5-10(14)11(15)6-9/h4-8,12,17H,1-3H3,(H2,16,18). The Morgan fingerprint density at radius 2 is 2.00 bits per heavy atom. The molecule has 0 saturated heterocycles. The van der Waals surface area contributed by atoms with Crippen molar-refractivity contribution >= 4 is 17.5 Å². The number of rotatable bonds is 5. The van der Waals surface area contributed by atoms with E-state index >= 15 is 0 Å². The molecule has 3 N–H and O–H groups in total. The molecular weight excluding hydrogens is 255 g/mol. The summed E-state index contributed by atoms with van der Waals surface area (Å²) in [6, 6.07) is 3.95. The molecule has 0 heterocycles. The number of nitrogens with one attached hydrogen (secondary N) is 1. The fourth-order valence-electron chi connectivity index (χ4n) is 1.75. The van der Waals surface area contributed by atoms with E-state index in [1.54, 1.807) is 6.07 Å². The molecule has 1 aromatic carbocycles. The number of carbonyl (C=O) groups is 1. The van der Waals surface area contributed by atoms with Gasteiger partial charge in [-0.25, -0.2) is 4.39 Å². The van der Waals surface area contributed by atoms with Crippen LogP contribution in [0.2, 0.25) is 5.02 Å². The van der Waals surface area contributed by atoms with Crippen molar-refractivity contribution in [1.82, 2.24) is 5.32 Å². The second-order valence-electron chi connectivity index (χ2n) is 4.69. The van der Waals surface area contributed by atoms with Crippen LogP contribution >= 0.6 is 11.6 Å². The number of primary amides is 1. The van der Waals surface area contributed by atoms with E-state index in [1.165, 1.54) is 12.1 Å². The number of amides is 1. The lowest BCUT2D eigenvalue weighted by Gasteiger charge is -2.24. The summed E-state index contributed by atoms with van der Waals surface area (Å²) in [6.45, 7) is 5.65. The number of carbonyl (C=O) groups excluding carboxylic acids is 1. The second kappa shape index (κ2) is 6.16. The van der Waals surface area contributed by atoms with Crippen LogP contribution in [0.15, 0.2) is 18.2 Å². The Labute approximate surface area is 112 Å². The predicted octanol–water partition coefficient (Wildman–Crippen LogP) is 2.64. The van der Waals surface area contributed by atoms with Gasteiger partial charge in [0.1, 0.15) is 5.82 Å². The third-order valence-corrected chi connectivity index (χ3v) is 3.15. The summed E-state index contributed by atoms with van der Waals surface area (Å²) in [7, 11) is 0. The van der Waals surface area contributed by atoms with E-state index in [1.807, 2.05) is 20.8 Å². The molecule has 5 heteroatoms. The highest BCUT2D eigenvalue weighted by Gasteiger charge is 2.22. The summed E-state index contributed by atoms with van der Waals surface area (Å²) in [5.41, 5.74) is 6.05. The molecule has 0 aliphatic heterocycles. The summed E-state index contributed by atoms with van der Waals surface area (Å²) in [6.07, 6.45) is 0. The Morgan fingerprint density at radius 3 is 2.44 bits per heavy atom. The normalized spacial score (nSPS) is 14.6. The third kappa shape index (κ3) is 3.68. The molecule has 2 atom stereocenters. The molecule has 0 aromatic heterocycles. The van der Waals surface area contributed by atoms with Crippen molar-refractivity contribution < 1.29 is 9.18 Å². The average molecular weight is 273 g/mol. The second-order valence-corrected chi connectivity index (χ2v) is 5.09. The average Bonchev–Trinajstić information content (AvgIpc) is 2.28. The van der Waals surface area contributed by atoms with Crippen LogP contribution in [0.25, 0.3) is 0 Å². The van der Waals surface area contributed by atoms with Gasteiger partial charge >= 0.3 is 0 Å². The highest BCUT2D eigenvalue weighted by atomic mass is 35.5.